The van der Waals surface area contributed by atoms with E-state index >= 15 is 0 Å². The lowest BCUT2D eigenvalue weighted by Gasteiger charge is -2.18. The molecule has 0 aliphatic heterocycles. The average molecular weight is 199 g/mol. The second-order valence-corrected chi connectivity index (χ2v) is 4.80. The second kappa shape index (κ2) is 9.51. The molecule has 0 aromatic rings. The van der Waals surface area contributed by atoms with Crippen LogP contribution in [0, 0.1) is 11.8 Å². The predicted molar refractivity (Wildman–Crippen MR) is 65.4 cm³/mol. The Bertz CT molecular complexity index is 110. The van der Waals surface area contributed by atoms with Gasteiger partial charge in [-0.2, -0.15) is 0 Å². The van der Waals surface area contributed by atoms with E-state index in [1.54, 1.807) is 0 Å². The topological polar surface area (TPSA) is 26.0 Å². The van der Waals surface area contributed by atoms with Crippen LogP contribution in [0.1, 0.15) is 65.7 Å². The van der Waals surface area contributed by atoms with E-state index in [4.69, 9.17) is 5.73 Å². The van der Waals surface area contributed by atoms with Crippen LogP contribution in [0.3, 0.4) is 0 Å². The van der Waals surface area contributed by atoms with Gasteiger partial charge in [0.05, 0.1) is 0 Å². The molecule has 0 spiro atoms. The molecule has 0 heterocycles. The van der Waals surface area contributed by atoms with Crippen LogP contribution in [0.5, 0.6) is 0 Å². The molecular weight excluding hydrogens is 170 g/mol. The van der Waals surface area contributed by atoms with Crippen LogP contribution >= 0.6 is 0 Å². The van der Waals surface area contributed by atoms with Crippen LogP contribution in [0.25, 0.3) is 0 Å². The Morgan fingerprint density at radius 2 is 1.50 bits per heavy atom. The minimum Gasteiger partial charge on any atom is -0.330 e. The molecular formula is C13H29N. The molecule has 0 fully saturated rings. The summed E-state index contributed by atoms with van der Waals surface area (Å²) in [5, 5.41) is 0. The van der Waals surface area contributed by atoms with Gasteiger partial charge in [-0.05, 0) is 24.8 Å². The van der Waals surface area contributed by atoms with Crippen molar-refractivity contribution in [3.05, 3.63) is 0 Å². The van der Waals surface area contributed by atoms with Gasteiger partial charge in [0.25, 0.3) is 0 Å². The van der Waals surface area contributed by atoms with E-state index in [1.807, 2.05) is 0 Å². The molecule has 1 unspecified atom stereocenters. The number of hydrogen-bond donors (Lipinski definition) is 1. The van der Waals surface area contributed by atoms with Gasteiger partial charge in [-0.15, -0.1) is 0 Å². The highest BCUT2D eigenvalue weighted by Gasteiger charge is 2.09. The molecule has 2 N–H and O–H groups in total. The first kappa shape index (κ1) is 14.0. The van der Waals surface area contributed by atoms with E-state index in [-0.39, 0.29) is 0 Å². The molecule has 0 radical (unpaired) electrons. The average Bonchev–Trinajstić information content (AvgIpc) is 2.16. The van der Waals surface area contributed by atoms with Gasteiger partial charge in [0.2, 0.25) is 0 Å². The van der Waals surface area contributed by atoms with E-state index < -0.39 is 0 Å². The highest BCUT2D eigenvalue weighted by Crippen LogP contribution is 2.18. The van der Waals surface area contributed by atoms with Gasteiger partial charge in [-0.25, -0.2) is 0 Å². The van der Waals surface area contributed by atoms with Gasteiger partial charge in [-0.3, -0.25) is 0 Å². The van der Waals surface area contributed by atoms with E-state index in [2.05, 4.69) is 20.8 Å². The van der Waals surface area contributed by atoms with Crippen molar-refractivity contribution in [2.75, 3.05) is 6.54 Å². The number of rotatable bonds is 9. The summed E-state index contributed by atoms with van der Waals surface area (Å²) in [4.78, 5) is 0. The summed E-state index contributed by atoms with van der Waals surface area (Å²) in [5.74, 6) is 1.51. The minimum atomic E-state index is 0.751. The first-order valence-electron chi connectivity index (χ1n) is 6.42. The van der Waals surface area contributed by atoms with Crippen molar-refractivity contribution in [2.24, 2.45) is 17.6 Å². The molecule has 0 saturated carbocycles. The fraction of sp³-hybridized carbons (Fsp3) is 1.00. The Hall–Kier alpha value is -0.0400. The summed E-state index contributed by atoms with van der Waals surface area (Å²) >= 11 is 0. The SMILES string of the molecule is CCCCCCCCC(CN)C(C)C. The van der Waals surface area contributed by atoms with E-state index in [9.17, 15) is 0 Å². The number of unbranched alkanes of at least 4 members (excludes halogenated alkanes) is 5. The van der Waals surface area contributed by atoms with Gasteiger partial charge in [0.1, 0.15) is 0 Å². The molecule has 0 aromatic heterocycles. The van der Waals surface area contributed by atoms with Crippen molar-refractivity contribution in [1.82, 2.24) is 0 Å². The smallest absolute Gasteiger partial charge is 0.00464 e. The lowest BCUT2D eigenvalue weighted by atomic mass is 9.90. The summed E-state index contributed by atoms with van der Waals surface area (Å²) in [7, 11) is 0. The van der Waals surface area contributed by atoms with Crippen molar-refractivity contribution in [3.8, 4) is 0 Å². The van der Waals surface area contributed by atoms with Gasteiger partial charge in [0, 0.05) is 0 Å². The third-order valence-electron chi connectivity index (χ3n) is 3.17. The molecule has 14 heavy (non-hydrogen) atoms. The van der Waals surface area contributed by atoms with Crippen LogP contribution in [-0.2, 0) is 0 Å². The summed E-state index contributed by atoms with van der Waals surface area (Å²) in [6, 6.07) is 0. The van der Waals surface area contributed by atoms with E-state index in [0.29, 0.717) is 0 Å². The zero-order valence-corrected chi connectivity index (χ0v) is 10.4. The Balaban J connectivity index is 3.25. The zero-order valence-electron chi connectivity index (χ0n) is 10.4. The lowest BCUT2D eigenvalue weighted by molar-refractivity contribution is 0.353. The van der Waals surface area contributed by atoms with Crippen LogP contribution in [0.4, 0.5) is 0 Å². The summed E-state index contributed by atoms with van der Waals surface area (Å²) in [5.41, 5.74) is 5.74. The molecule has 1 heteroatoms. The van der Waals surface area contributed by atoms with Crippen LogP contribution in [-0.4, -0.2) is 6.54 Å². The van der Waals surface area contributed by atoms with Crippen molar-refractivity contribution in [1.29, 1.82) is 0 Å². The van der Waals surface area contributed by atoms with Crippen molar-refractivity contribution in [2.45, 2.75) is 65.7 Å². The maximum Gasteiger partial charge on any atom is -0.00464 e. The zero-order chi connectivity index (χ0) is 10.8. The molecule has 0 amide bonds. The van der Waals surface area contributed by atoms with Gasteiger partial charge in [-0.1, -0.05) is 59.3 Å². The Morgan fingerprint density at radius 3 is 2.00 bits per heavy atom. The summed E-state index contributed by atoms with van der Waals surface area (Å²) < 4.78 is 0. The van der Waals surface area contributed by atoms with Gasteiger partial charge in [0.15, 0.2) is 0 Å². The first-order valence-corrected chi connectivity index (χ1v) is 6.42. The van der Waals surface area contributed by atoms with Crippen LogP contribution in [0.15, 0.2) is 0 Å². The third kappa shape index (κ3) is 7.37. The first-order chi connectivity index (χ1) is 6.72. The monoisotopic (exact) mass is 199 g/mol. The molecule has 1 atom stereocenters. The van der Waals surface area contributed by atoms with Gasteiger partial charge >= 0.3 is 0 Å². The fourth-order valence-electron chi connectivity index (χ4n) is 1.91. The largest absolute Gasteiger partial charge is 0.330 e. The maximum absolute atomic E-state index is 5.74. The molecule has 0 aliphatic carbocycles. The van der Waals surface area contributed by atoms with Crippen LogP contribution < -0.4 is 5.73 Å². The normalized spacial score (nSPS) is 13.5. The molecule has 86 valence electrons. The van der Waals surface area contributed by atoms with E-state index in [1.165, 1.54) is 44.9 Å². The van der Waals surface area contributed by atoms with Crippen molar-refractivity contribution < 1.29 is 0 Å². The van der Waals surface area contributed by atoms with Crippen molar-refractivity contribution >= 4 is 0 Å². The Labute approximate surface area is 90.5 Å². The highest BCUT2D eigenvalue weighted by molar-refractivity contribution is 4.63. The summed E-state index contributed by atoms with van der Waals surface area (Å²) in [6.45, 7) is 7.71. The molecule has 0 rings (SSSR count). The van der Waals surface area contributed by atoms with Crippen molar-refractivity contribution in [3.63, 3.8) is 0 Å². The standard InChI is InChI=1S/C13H29N/c1-4-5-6-7-8-9-10-13(11-14)12(2)3/h12-13H,4-11,14H2,1-3H3. The van der Waals surface area contributed by atoms with Crippen LogP contribution in [0.2, 0.25) is 0 Å². The molecule has 0 saturated heterocycles. The highest BCUT2D eigenvalue weighted by atomic mass is 14.5. The summed E-state index contributed by atoms with van der Waals surface area (Å²) in [6.07, 6.45) is 9.71. The molecule has 0 bridgehead atoms. The maximum atomic E-state index is 5.74. The second-order valence-electron chi connectivity index (χ2n) is 4.80. The lowest BCUT2D eigenvalue weighted by Crippen LogP contribution is -2.19. The molecule has 1 nitrogen and oxygen atoms in total. The molecule has 0 aliphatic rings. The quantitative estimate of drug-likeness (QED) is 0.559. The fourth-order valence-corrected chi connectivity index (χ4v) is 1.91. The Kier molecular flexibility index (Phi) is 9.49. The minimum absolute atomic E-state index is 0.751. The van der Waals surface area contributed by atoms with E-state index in [0.717, 1.165) is 18.4 Å². The number of hydrogen-bond acceptors (Lipinski definition) is 1. The molecule has 0 aromatic carbocycles. The van der Waals surface area contributed by atoms with Gasteiger partial charge < -0.3 is 5.73 Å². The number of nitrogens with two attached hydrogens (primary N) is 1. The third-order valence-corrected chi connectivity index (χ3v) is 3.17. The predicted octanol–water partition coefficient (Wildman–Crippen LogP) is 3.97. The Morgan fingerprint density at radius 1 is 0.929 bits per heavy atom.